The number of carbonyl (C=O) groups excluding carboxylic acids is 2. The van der Waals surface area contributed by atoms with E-state index in [4.69, 9.17) is 11.6 Å². The summed E-state index contributed by atoms with van der Waals surface area (Å²) in [7, 11) is 0. The topological polar surface area (TPSA) is 49.4 Å². The fraction of sp³-hybridized carbons (Fsp3) is 0.467. The molecule has 1 heterocycles. The van der Waals surface area contributed by atoms with Crippen molar-refractivity contribution in [1.82, 2.24) is 10.2 Å². The number of halogens is 1. The molecule has 1 saturated heterocycles. The number of likely N-dealkylation sites (tertiary alicyclic amines) is 1. The highest BCUT2D eigenvalue weighted by molar-refractivity contribution is 6.17. The predicted molar refractivity (Wildman–Crippen MR) is 78.7 cm³/mol. The molecular weight excluding hydrogens is 276 g/mol. The van der Waals surface area contributed by atoms with Crippen molar-refractivity contribution in [3.05, 3.63) is 35.4 Å². The minimum absolute atomic E-state index is 0.00986. The van der Waals surface area contributed by atoms with Gasteiger partial charge in [0.25, 0.3) is 5.91 Å². The van der Waals surface area contributed by atoms with Crippen molar-refractivity contribution in [3.63, 3.8) is 0 Å². The third-order valence-corrected chi connectivity index (χ3v) is 3.79. The van der Waals surface area contributed by atoms with E-state index in [9.17, 15) is 9.59 Å². The molecule has 1 aliphatic rings. The van der Waals surface area contributed by atoms with E-state index in [1.54, 1.807) is 30.0 Å². The molecule has 1 fully saturated rings. The number of benzene rings is 1. The van der Waals surface area contributed by atoms with Crippen LogP contribution >= 0.6 is 11.6 Å². The van der Waals surface area contributed by atoms with E-state index >= 15 is 0 Å². The fourth-order valence-electron chi connectivity index (χ4n) is 2.35. The van der Waals surface area contributed by atoms with Crippen LogP contribution in [0.3, 0.4) is 0 Å². The van der Waals surface area contributed by atoms with Crippen LogP contribution in [-0.4, -0.2) is 35.8 Å². The lowest BCUT2D eigenvalue weighted by atomic mass is 10.1. The molecule has 1 aromatic carbocycles. The lowest BCUT2D eigenvalue weighted by Crippen LogP contribution is -2.45. The fourth-order valence-corrected chi connectivity index (χ4v) is 2.52. The number of amides is 2. The smallest absolute Gasteiger partial charge is 0.251 e. The van der Waals surface area contributed by atoms with Gasteiger partial charge in [-0.15, -0.1) is 11.6 Å². The van der Waals surface area contributed by atoms with Crippen molar-refractivity contribution in [2.45, 2.75) is 31.7 Å². The van der Waals surface area contributed by atoms with Crippen LogP contribution < -0.4 is 5.32 Å². The number of alkyl halides is 1. The molecule has 0 radical (unpaired) electrons. The average molecular weight is 295 g/mol. The van der Waals surface area contributed by atoms with Gasteiger partial charge >= 0.3 is 0 Å². The Balaban J connectivity index is 1.97. The lowest BCUT2D eigenvalue weighted by molar-refractivity contribution is -0.131. The highest BCUT2D eigenvalue weighted by atomic mass is 35.5. The summed E-state index contributed by atoms with van der Waals surface area (Å²) >= 11 is 5.75. The number of nitrogens with zero attached hydrogens (tertiary/aromatic N) is 1. The SMILES string of the molecule is CC(NC(=O)c1cccc(CCl)c1)C(=O)N1CCCC1. The molecule has 0 bridgehead atoms. The molecule has 0 aromatic heterocycles. The molecule has 108 valence electrons. The summed E-state index contributed by atoms with van der Waals surface area (Å²) in [6.07, 6.45) is 2.09. The zero-order chi connectivity index (χ0) is 14.5. The molecule has 0 saturated carbocycles. The van der Waals surface area contributed by atoms with Gasteiger partial charge in [-0.25, -0.2) is 0 Å². The number of carbonyl (C=O) groups is 2. The number of hydrogen-bond donors (Lipinski definition) is 1. The van der Waals surface area contributed by atoms with Crippen LogP contribution in [-0.2, 0) is 10.7 Å². The minimum Gasteiger partial charge on any atom is -0.341 e. The zero-order valence-electron chi connectivity index (χ0n) is 11.6. The Bertz CT molecular complexity index is 498. The first kappa shape index (κ1) is 14.9. The largest absolute Gasteiger partial charge is 0.341 e. The average Bonchev–Trinajstić information content (AvgIpc) is 3.00. The highest BCUT2D eigenvalue weighted by Crippen LogP contribution is 2.11. The Labute approximate surface area is 124 Å². The van der Waals surface area contributed by atoms with Crippen molar-refractivity contribution in [3.8, 4) is 0 Å². The second-order valence-corrected chi connectivity index (χ2v) is 5.33. The van der Waals surface area contributed by atoms with Crippen molar-refractivity contribution >= 4 is 23.4 Å². The molecule has 0 aliphatic carbocycles. The van der Waals surface area contributed by atoms with Gasteiger partial charge in [-0.05, 0) is 37.5 Å². The molecule has 1 aliphatic heterocycles. The number of nitrogens with one attached hydrogen (secondary N) is 1. The summed E-state index contributed by atoms with van der Waals surface area (Å²) in [6.45, 7) is 3.31. The van der Waals surface area contributed by atoms with Gasteiger partial charge in [0.2, 0.25) is 5.91 Å². The molecule has 2 amide bonds. The van der Waals surface area contributed by atoms with Crippen LogP contribution in [0.4, 0.5) is 0 Å². The maximum absolute atomic E-state index is 12.1. The number of rotatable bonds is 4. The Hall–Kier alpha value is -1.55. The van der Waals surface area contributed by atoms with Crippen molar-refractivity contribution in [1.29, 1.82) is 0 Å². The summed E-state index contributed by atoms with van der Waals surface area (Å²) in [5.41, 5.74) is 1.42. The van der Waals surface area contributed by atoms with E-state index in [1.165, 1.54) is 0 Å². The predicted octanol–water partition coefficient (Wildman–Crippen LogP) is 2.17. The first-order chi connectivity index (χ1) is 9.61. The van der Waals surface area contributed by atoms with Crippen molar-refractivity contribution in [2.75, 3.05) is 13.1 Å². The minimum atomic E-state index is -0.500. The zero-order valence-corrected chi connectivity index (χ0v) is 12.3. The quantitative estimate of drug-likeness (QED) is 0.865. The molecule has 20 heavy (non-hydrogen) atoms. The van der Waals surface area contributed by atoms with Gasteiger partial charge < -0.3 is 10.2 Å². The molecule has 5 heteroatoms. The van der Waals surface area contributed by atoms with E-state index in [0.29, 0.717) is 11.4 Å². The van der Waals surface area contributed by atoms with Gasteiger partial charge in [-0.3, -0.25) is 9.59 Å². The van der Waals surface area contributed by atoms with Crippen LogP contribution in [0.15, 0.2) is 24.3 Å². The van der Waals surface area contributed by atoms with E-state index in [2.05, 4.69) is 5.32 Å². The Morgan fingerprint density at radius 2 is 2.05 bits per heavy atom. The first-order valence-electron chi connectivity index (χ1n) is 6.86. The standard InChI is InChI=1S/C15H19ClN2O2/c1-11(15(20)18-7-2-3-8-18)17-14(19)13-6-4-5-12(9-13)10-16/h4-6,9,11H,2-3,7-8,10H2,1H3,(H,17,19). The molecule has 1 unspecified atom stereocenters. The first-order valence-corrected chi connectivity index (χ1v) is 7.40. The van der Waals surface area contributed by atoms with Crippen LogP contribution in [0.5, 0.6) is 0 Å². The van der Waals surface area contributed by atoms with E-state index in [0.717, 1.165) is 31.5 Å². The molecule has 1 N–H and O–H groups in total. The Morgan fingerprint density at radius 1 is 1.35 bits per heavy atom. The molecule has 0 spiro atoms. The van der Waals surface area contributed by atoms with E-state index in [1.807, 2.05) is 6.07 Å². The van der Waals surface area contributed by atoms with Gasteiger partial charge in [-0.1, -0.05) is 12.1 Å². The van der Waals surface area contributed by atoms with Gasteiger partial charge in [-0.2, -0.15) is 0 Å². The normalized spacial score (nSPS) is 16.0. The maximum atomic E-state index is 12.1. The summed E-state index contributed by atoms with van der Waals surface area (Å²) in [5.74, 6) is 0.116. The van der Waals surface area contributed by atoms with Gasteiger partial charge in [0.15, 0.2) is 0 Å². The second kappa shape index (κ2) is 6.75. The van der Waals surface area contributed by atoms with Crippen LogP contribution in [0.2, 0.25) is 0 Å². The van der Waals surface area contributed by atoms with Gasteiger partial charge in [0, 0.05) is 24.5 Å². The number of hydrogen-bond acceptors (Lipinski definition) is 2. The summed E-state index contributed by atoms with van der Waals surface area (Å²) in [6, 6.07) is 6.62. The second-order valence-electron chi connectivity index (χ2n) is 5.06. The Morgan fingerprint density at radius 3 is 2.70 bits per heavy atom. The summed E-state index contributed by atoms with van der Waals surface area (Å²) in [4.78, 5) is 26.0. The summed E-state index contributed by atoms with van der Waals surface area (Å²) < 4.78 is 0. The Kier molecular flexibility index (Phi) is 5.01. The van der Waals surface area contributed by atoms with Crippen LogP contribution in [0.1, 0.15) is 35.7 Å². The van der Waals surface area contributed by atoms with Crippen LogP contribution in [0, 0.1) is 0 Å². The molecule has 2 rings (SSSR count). The van der Waals surface area contributed by atoms with Crippen molar-refractivity contribution in [2.24, 2.45) is 0 Å². The van der Waals surface area contributed by atoms with E-state index in [-0.39, 0.29) is 11.8 Å². The van der Waals surface area contributed by atoms with E-state index < -0.39 is 6.04 Å². The third-order valence-electron chi connectivity index (χ3n) is 3.48. The van der Waals surface area contributed by atoms with Crippen molar-refractivity contribution < 1.29 is 9.59 Å². The molecular formula is C15H19ClN2O2. The molecule has 1 aromatic rings. The maximum Gasteiger partial charge on any atom is 0.251 e. The monoisotopic (exact) mass is 294 g/mol. The third kappa shape index (κ3) is 3.51. The summed E-state index contributed by atoms with van der Waals surface area (Å²) in [5, 5.41) is 2.75. The van der Waals surface area contributed by atoms with Gasteiger partial charge in [0.1, 0.15) is 6.04 Å². The lowest BCUT2D eigenvalue weighted by Gasteiger charge is -2.21. The van der Waals surface area contributed by atoms with Crippen LogP contribution in [0.25, 0.3) is 0 Å². The molecule has 4 nitrogen and oxygen atoms in total. The highest BCUT2D eigenvalue weighted by Gasteiger charge is 2.24. The molecule has 1 atom stereocenters. The van der Waals surface area contributed by atoms with Gasteiger partial charge in [0.05, 0.1) is 0 Å².